The molecule has 4 atom stereocenters. The van der Waals surface area contributed by atoms with Crippen molar-refractivity contribution >= 4 is 34.6 Å². The van der Waals surface area contributed by atoms with E-state index in [4.69, 9.17) is 9.15 Å². The lowest BCUT2D eigenvalue weighted by Crippen LogP contribution is -2.63. The average Bonchev–Trinajstić information content (AvgIpc) is 3.03. The number of carboxylic acid groups (broad SMARTS) is 1. The van der Waals surface area contributed by atoms with Gasteiger partial charge in [0, 0.05) is 29.1 Å². The van der Waals surface area contributed by atoms with Crippen molar-refractivity contribution in [1.82, 2.24) is 4.90 Å². The van der Waals surface area contributed by atoms with Gasteiger partial charge in [-0.2, -0.15) is 13.2 Å². The lowest BCUT2D eigenvalue weighted by Gasteiger charge is -2.46. The largest absolute Gasteiger partial charge is 0.477 e. The molecule has 1 fully saturated rings. The van der Waals surface area contributed by atoms with Crippen LogP contribution in [-0.2, 0) is 20.5 Å². The van der Waals surface area contributed by atoms with Crippen LogP contribution < -0.4 is 10.9 Å². The summed E-state index contributed by atoms with van der Waals surface area (Å²) in [7, 11) is 0. The van der Waals surface area contributed by atoms with Crippen molar-refractivity contribution in [1.29, 1.82) is 0 Å². The fourth-order valence-electron chi connectivity index (χ4n) is 4.74. The molecule has 0 aliphatic carbocycles. The summed E-state index contributed by atoms with van der Waals surface area (Å²) in [5, 5.41) is 21.4. The number of aliphatic carboxylic acids is 1. The first kappa shape index (κ1) is 25.9. The molecule has 2 aromatic rings. The van der Waals surface area contributed by atoms with E-state index in [1.807, 2.05) is 0 Å². The van der Waals surface area contributed by atoms with Gasteiger partial charge in [0.15, 0.2) is 0 Å². The van der Waals surface area contributed by atoms with Crippen LogP contribution in [0.25, 0.3) is 11.0 Å². The molecule has 0 spiro atoms. The Hall–Kier alpha value is -4.13. The van der Waals surface area contributed by atoms with Crippen LogP contribution in [0.5, 0.6) is 0 Å². The summed E-state index contributed by atoms with van der Waals surface area (Å²) in [6.45, 7) is 2.89. The normalized spacial score (nSPS) is 22.3. The maximum absolute atomic E-state index is 13.2. The van der Waals surface area contributed by atoms with E-state index in [2.05, 4.69) is 5.32 Å². The van der Waals surface area contributed by atoms with Gasteiger partial charge in [-0.25, -0.2) is 14.4 Å². The minimum Gasteiger partial charge on any atom is -0.477 e. The van der Waals surface area contributed by atoms with Crippen molar-refractivity contribution in [3.8, 4) is 0 Å². The highest BCUT2D eigenvalue weighted by atomic mass is 19.4. The maximum atomic E-state index is 13.2. The smallest absolute Gasteiger partial charge is 0.417 e. The number of hydrogen-bond donors (Lipinski definition) is 3. The Labute approximate surface area is 206 Å². The van der Waals surface area contributed by atoms with Crippen LogP contribution >= 0.6 is 0 Å². The number of aliphatic hydroxyl groups is 1. The van der Waals surface area contributed by atoms with Gasteiger partial charge in [0.1, 0.15) is 17.9 Å². The van der Waals surface area contributed by atoms with E-state index in [9.17, 15) is 42.6 Å². The molecule has 4 rings (SSSR count). The van der Waals surface area contributed by atoms with Crippen molar-refractivity contribution in [3.05, 3.63) is 63.7 Å². The number of aliphatic hydroxyl groups excluding tert-OH is 1. The van der Waals surface area contributed by atoms with Crippen LogP contribution in [0.3, 0.4) is 0 Å². The van der Waals surface area contributed by atoms with Crippen molar-refractivity contribution in [2.75, 3.05) is 11.9 Å². The molecule has 10 nitrogen and oxygen atoms in total. The van der Waals surface area contributed by atoms with E-state index in [0.717, 1.165) is 17.0 Å². The Bertz CT molecular complexity index is 1410. The zero-order valence-electron chi connectivity index (χ0n) is 19.4. The summed E-state index contributed by atoms with van der Waals surface area (Å²) in [6.07, 6.45) is -3.89. The third-order valence-corrected chi connectivity index (χ3v) is 6.33. The fourth-order valence-corrected chi connectivity index (χ4v) is 4.74. The highest BCUT2D eigenvalue weighted by molar-refractivity contribution is 6.00. The van der Waals surface area contributed by atoms with Gasteiger partial charge in [0.05, 0.1) is 23.6 Å². The SMILES string of the molecule is C[C@@H](O)[C@H]1C(=O)N2C(C(=O)O)=C(/C=C/COC(=O)Nc3ccc4c(C(F)(F)F)cc(=O)oc4c3)[C@H](C)[C@H]12. The van der Waals surface area contributed by atoms with Crippen LogP contribution in [0.15, 0.2) is 56.9 Å². The van der Waals surface area contributed by atoms with Crippen molar-refractivity contribution in [2.45, 2.75) is 32.2 Å². The number of ether oxygens (including phenoxy) is 1. The first-order chi connectivity index (χ1) is 17.3. The molecule has 2 amide bonds. The Morgan fingerprint density at radius 1 is 1.27 bits per heavy atom. The van der Waals surface area contributed by atoms with Crippen LogP contribution in [0, 0.1) is 11.8 Å². The number of alkyl halides is 3. The summed E-state index contributed by atoms with van der Waals surface area (Å²) in [5.74, 6) is -2.88. The third-order valence-electron chi connectivity index (χ3n) is 6.33. The van der Waals surface area contributed by atoms with Gasteiger partial charge in [0.2, 0.25) is 5.91 Å². The molecule has 13 heteroatoms. The zero-order chi connectivity index (χ0) is 27.2. The summed E-state index contributed by atoms with van der Waals surface area (Å²) in [6, 6.07) is 3.12. The predicted molar refractivity (Wildman–Crippen MR) is 121 cm³/mol. The molecule has 0 bridgehead atoms. The van der Waals surface area contributed by atoms with Crippen molar-refractivity contribution < 1.29 is 46.9 Å². The molecule has 37 heavy (non-hydrogen) atoms. The number of fused-ring (bicyclic) bond motifs is 2. The molecule has 196 valence electrons. The maximum Gasteiger partial charge on any atom is 0.417 e. The van der Waals surface area contributed by atoms with Gasteiger partial charge in [-0.15, -0.1) is 0 Å². The number of anilines is 1. The van der Waals surface area contributed by atoms with Crippen LogP contribution in [0.2, 0.25) is 0 Å². The molecule has 0 unspecified atom stereocenters. The second-order valence-corrected chi connectivity index (χ2v) is 8.68. The number of hydrogen-bond acceptors (Lipinski definition) is 7. The number of halogens is 3. The average molecular weight is 522 g/mol. The molecular formula is C24H21F3N2O8. The molecule has 0 radical (unpaired) electrons. The van der Waals surface area contributed by atoms with Gasteiger partial charge in [0.25, 0.3) is 0 Å². The van der Waals surface area contributed by atoms with Gasteiger partial charge >= 0.3 is 23.9 Å². The minimum absolute atomic E-state index is 0.0105. The Balaban J connectivity index is 1.43. The summed E-state index contributed by atoms with van der Waals surface area (Å²) >= 11 is 0. The number of carbonyl (C=O) groups excluding carboxylic acids is 2. The quantitative estimate of drug-likeness (QED) is 0.388. The Kier molecular flexibility index (Phi) is 6.59. The number of rotatable bonds is 6. The fraction of sp³-hybridized carbons (Fsp3) is 0.333. The molecular weight excluding hydrogens is 501 g/mol. The van der Waals surface area contributed by atoms with E-state index >= 15 is 0 Å². The molecule has 3 heterocycles. The first-order valence-electron chi connectivity index (χ1n) is 11.0. The van der Waals surface area contributed by atoms with Gasteiger partial charge in [-0.3, -0.25) is 10.1 Å². The molecule has 1 saturated heterocycles. The predicted octanol–water partition coefficient (Wildman–Crippen LogP) is 3.11. The zero-order valence-corrected chi connectivity index (χ0v) is 19.4. The standard InChI is InChI=1S/C24H21F3N2O8/c1-10-13(20(22(33)34)29-19(10)18(11(2)30)21(29)32)4-3-7-36-23(35)28-12-5-6-14-15(24(25,26)27)9-17(31)37-16(14)8-12/h3-6,8-11,18-19,30H,7H2,1-2H3,(H,28,35)(H,33,34)/b4-3+/t10-,11+,18+,19+/m0/s1. The number of amides is 2. The Morgan fingerprint density at radius 3 is 2.59 bits per heavy atom. The van der Waals surface area contributed by atoms with Crippen LogP contribution in [-0.4, -0.2) is 51.8 Å². The third kappa shape index (κ3) is 4.69. The molecule has 1 aromatic heterocycles. The monoisotopic (exact) mass is 522 g/mol. The van der Waals surface area contributed by atoms with Gasteiger partial charge < -0.3 is 24.3 Å². The highest BCUT2D eigenvalue weighted by Crippen LogP contribution is 2.47. The van der Waals surface area contributed by atoms with E-state index in [1.54, 1.807) is 6.92 Å². The molecule has 0 saturated carbocycles. The Morgan fingerprint density at radius 2 is 1.97 bits per heavy atom. The van der Waals surface area contributed by atoms with E-state index in [0.29, 0.717) is 11.6 Å². The number of allylic oxidation sites excluding steroid dienone is 1. The second kappa shape index (κ2) is 9.39. The van der Waals surface area contributed by atoms with E-state index in [-0.39, 0.29) is 34.9 Å². The number of β-lactam (4-membered cyclic amide) rings is 1. The summed E-state index contributed by atoms with van der Waals surface area (Å²) < 4.78 is 49.3. The van der Waals surface area contributed by atoms with Crippen molar-refractivity contribution in [2.24, 2.45) is 11.8 Å². The van der Waals surface area contributed by atoms with E-state index < -0.39 is 53.4 Å². The number of carbonyl (C=O) groups is 3. The molecule has 2 aliphatic heterocycles. The molecule has 3 N–H and O–H groups in total. The highest BCUT2D eigenvalue weighted by Gasteiger charge is 2.59. The van der Waals surface area contributed by atoms with Gasteiger partial charge in [-0.05, 0) is 30.7 Å². The summed E-state index contributed by atoms with van der Waals surface area (Å²) in [5.41, 5.74) is -2.60. The van der Waals surface area contributed by atoms with Crippen molar-refractivity contribution in [3.63, 3.8) is 0 Å². The van der Waals surface area contributed by atoms with Crippen LogP contribution in [0.4, 0.5) is 23.7 Å². The second-order valence-electron chi connectivity index (χ2n) is 8.68. The topological polar surface area (TPSA) is 146 Å². The number of nitrogens with zero attached hydrogens (tertiary/aromatic N) is 1. The first-order valence-corrected chi connectivity index (χ1v) is 11.0. The van der Waals surface area contributed by atoms with Gasteiger partial charge in [-0.1, -0.05) is 13.0 Å². The molecule has 2 aliphatic rings. The number of carboxylic acids is 1. The number of nitrogens with one attached hydrogen (secondary N) is 1. The van der Waals surface area contributed by atoms with Crippen LogP contribution in [0.1, 0.15) is 19.4 Å². The number of benzene rings is 1. The lowest BCUT2D eigenvalue weighted by molar-refractivity contribution is -0.163. The summed E-state index contributed by atoms with van der Waals surface area (Å²) in [4.78, 5) is 48.9. The van der Waals surface area contributed by atoms with E-state index in [1.165, 1.54) is 25.1 Å². The molecule has 1 aromatic carbocycles. The lowest BCUT2D eigenvalue weighted by atomic mass is 9.78. The minimum atomic E-state index is -4.78.